The molecule has 0 aliphatic carbocycles. The van der Waals surface area contributed by atoms with E-state index in [2.05, 4.69) is 77.1 Å². The minimum Gasteiger partial charge on any atom is -0.394 e. The first-order valence-electron chi connectivity index (χ1n) is 28.6. The highest BCUT2D eigenvalue weighted by atomic mass is 19.4. The highest BCUT2D eigenvalue weighted by Gasteiger charge is 2.39. The van der Waals surface area contributed by atoms with E-state index in [-0.39, 0.29) is 85.9 Å². The number of H-pyrrole nitrogens is 1. The number of nitrogens with one attached hydrogen (secondary N) is 7. The number of rotatable bonds is 11. The normalized spacial score (nSPS) is 23.7. The molecular weight excluding hydrogens is 1230 g/mol. The molecule has 6 aromatic rings. The van der Waals surface area contributed by atoms with E-state index in [9.17, 15) is 53.9 Å². The first-order valence-corrected chi connectivity index (χ1v) is 28.6. The van der Waals surface area contributed by atoms with Crippen LogP contribution in [0, 0.1) is 20.8 Å². The maximum absolute atomic E-state index is 13.0. The number of hydrogen-bond donors (Lipinski definition) is 8. The average Bonchev–Trinajstić information content (AvgIpc) is 1.62. The molecule has 3 fully saturated rings. The number of carbonyl (C=O) groups is 3. The molecule has 6 aliphatic heterocycles. The number of alkyl halides is 9. The fourth-order valence-corrected chi connectivity index (χ4v) is 10.3. The maximum atomic E-state index is 13.0. The Morgan fingerprint density at radius 1 is 0.560 bits per heavy atom. The molecule has 3 saturated heterocycles. The van der Waals surface area contributed by atoms with Crippen molar-refractivity contribution >= 4 is 70.1 Å². The molecule has 0 aromatic carbocycles. The van der Waals surface area contributed by atoms with Crippen molar-refractivity contribution in [2.24, 2.45) is 0 Å². The highest BCUT2D eigenvalue weighted by molar-refractivity contribution is 6.04. The molecule has 0 radical (unpaired) electrons. The predicted octanol–water partition coefficient (Wildman–Crippen LogP) is 5.65. The number of ether oxygens (including phenoxy) is 3. The first-order chi connectivity index (χ1) is 42.8. The maximum Gasteiger partial charge on any atom is 0.435 e. The van der Waals surface area contributed by atoms with Gasteiger partial charge in [0.05, 0.1) is 93.0 Å². The van der Waals surface area contributed by atoms with Crippen molar-refractivity contribution < 1.29 is 73.2 Å². The number of aliphatic hydroxyl groups excluding tert-OH is 1. The van der Waals surface area contributed by atoms with Crippen molar-refractivity contribution in [3.8, 4) is 0 Å². The SMILES string of the molecule is Cc1nc(NC2COC(CO)C2)nc2c1NC(=O)[C@H](C)N2C.Cc1nc(NC2COC(Cn3ccc(C(F)(F)F)n3)C2)nc2c1NC(=O)[C@H](C)N2C.Cc1nc(NC2COC(Cn3nccc3C(F)(F)F)C2)nc2c1NC(=O)[C@H](C)N2C.FC(F)(F)c1ccn[nH]1. The second-order valence-electron chi connectivity index (χ2n) is 22.4. The van der Waals surface area contributed by atoms with Crippen molar-refractivity contribution in [2.45, 2.75) is 147 Å². The third kappa shape index (κ3) is 15.7. The van der Waals surface area contributed by atoms with Crippen LogP contribution in [0.25, 0.3) is 0 Å². The summed E-state index contributed by atoms with van der Waals surface area (Å²) in [7, 11) is 5.43. The first kappa shape index (κ1) is 66.7. The molecule has 12 heterocycles. The number of halogens is 9. The van der Waals surface area contributed by atoms with Crippen LogP contribution in [0.2, 0.25) is 0 Å². The summed E-state index contributed by atoms with van der Waals surface area (Å²) in [5.41, 5.74) is 1.27. The van der Waals surface area contributed by atoms with Crippen molar-refractivity contribution in [3.63, 3.8) is 0 Å². The number of nitrogens with zero attached hydrogens (tertiary/aromatic N) is 14. The van der Waals surface area contributed by atoms with E-state index in [0.29, 0.717) is 96.4 Å². The van der Waals surface area contributed by atoms with Crippen LogP contribution in [0.1, 0.15) is 74.2 Å². The van der Waals surface area contributed by atoms with Crippen LogP contribution in [-0.4, -0.2) is 185 Å². The Bertz CT molecular complexity index is 3550. The number of fused-ring (bicyclic) bond motifs is 3. The number of aromatic nitrogens is 12. The molecule has 8 N–H and O–H groups in total. The third-order valence-electron chi connectivity index (χ3n) is 15.8. The predicted molar refractivity (Wildman–Crippen MR) is 310 cm³/mol. The summed E-state index contributed by atoms with van der Waals surface area (Å²) in [6, 6.07) is 1.61. The van der Waals surface area contributed by atoms with E-state index >= 15 is 0 Å². The quantitative estimate of drug-likeness (QED) is 0.0727. The van der Waals surface area contributed by atoms with Gasteiger partial charge >= 0.3 is 18.5 Å². The Labute approximate surface area is 513 Å². The molecule has 9 atom stereocenters. The fourth-order valence-electron chi connectivity index (χ4n) is 10.3. The number of carbonyl (C=O) groups excluding carboxylic acids is 3. The zero-order valence-corrected chi connectivity index (χ0v) is 50.6. The Morgan fingerprint density at radius 2 is 0.978 bits per heavy atom. The van der Waals surface area contributed by atoms with Crippen LogP contribution < -0.4 is 46.6 Å². The summed E-state index contributed by atoms with van der Waals surface area (Å²) in [6.07, 6.45) is -8.76. The Kier molecular flexibility index (Phi) is 19.8. The van der Waals surface area contributed by atoms with Crippen molar-refractivity contribution in [1.82, 2.24) is 59.7 Å². The lowest BCUT2D eigenvalue weighted by Crippen LogP contribution is -2.45. The fraction of sp³-hybridized carbons (Fsp3) is 0.556. The Balaban J connectivity index is 0.000000152. The monoisotopic (exact) mass is 1290 g/mol. The molecule has 91 heavy (non-hydrogen) atoms. The van der Waals surface area contributed by atoms with Gasteiger partial charge in [-0.3, -0.25) is 28.8 Å². The van der Waals surface area contributed by atoms with Gasteiger partial charge < -0.3 is 65.9 Å². The van der Waals surface area contributed by atoms with Gasteiger partial charge in [0.1, 0.15) is 46.6 Å². The lowest BCUT2D eigenvalue weighted by atomic mass is 10.1. The zero-order valence-electron chi connectivity index (χ0n) is 50.6. The molecule has 28 nitrogen and oxygen atoms in total. The topological polar surface area (TPSA) is 323 Å². The van der Waals surface area contributed by atoms with Gasteiger partial charge in [-0.1, -0.05) is 0 Å². The standard InChI is InChI=1S/2C18H22F3N7O2.C14H21N5O3.C4H3F3N2/c1-9-14-15(27(3)10(2)16(29)24-14)25-17(22-9)23-11-6-12(30-8-11)7-28-5-4-13(26-28)18(19,20)21;1-9-14-15(27(3)10(2)16(29)25-14)26-17(23-9)24-11-6-12(30-8-11)7-28-13(4-5-22-28)18(19,20)21;1-7-11-12(19(3)8(2)13(21)17-11)18-14(15-7)16-9-4-10(5-20)22-6-9;5-4(6,7)3-1-2-8-9-3/h4-5,10-12H,6-8H2,1-3H3,(H,24,29)(H,22,23,25);4-5,10-12H,6-8H2,1-3H3,(H,25,29)(H,23,24,26);8-10,20H,4-6H2,1-3H3,(H,17,21)(H,15,16,18);1-2H,(H,8,9)/t2*10-,11?,12?;8-,9?,10?;/m000./s1. The minimum atomic E-state index is -4.46. The number of anilines is 9. The van der Waals surface area contributed by atoms with Gasteiger partial charge in [-0.05, 0) is 79.0 Å². The molecule has 12 rings (SSSR count). The van der Waals surface area contributed by atoms with Gasteiger partial charge in [0.2, 0.25) is 35.6 Å². The summed E-state index contributed by atoms with van der Waals surface area (Å²) in [6.45, 7) is 12.3. The summed E-state index contributed by atoms with van der Waals surface area (Å²) in [5, 5.41) is 39.6. The van der Waals surface area contributed by atoms with E-state index < -0.39 is 41.7 Å². The van der Waals surface area contributed by atoms with Gasteiger partial charge in [0.25, 0.3) is 0 Å². The summed E-state index contributed by atoms with van der Waals surface area (Å²) in [5.74, 6) is 2.96. The Hall–Kier alpha value is -8.71. The van der Waals surface area contributed by atoms with Gasteiger partial charge in [-0.2, -0.15) is 69.8 Å². The average molecular weight is 1290 g/mol. The molecule has 6 unspecified atom stereocenters. The molecule has 6 aliphatic rings. The van der Waals surface area contributed by atoms with Crippen molar-refractivity contribution in [3.05, 3.63) is 71.0 Å². The number of amides is 3. The number of hydrogen-bond acceptors (Lipinski definition) is 22. The van der Waals surface area contributed by atoms with Crippen LogP contribution in [0.5, 0.6) is 0 Å². The van der Waals surface area contributed by atoms with E-state index in [4.69, 9.17) is 19.3 Å². The zero-order chi connectivity index (χ0) is 66.0. The second kappa shape index (κ2) is 27.0. The van der Waals surface area contributed by atoms with Gasteiger partial charge in [0, 0.05) is 39.7 Å². The van der Waals surface area contributed by atoms with Gasteiger partial charge in [-0.15, -0.1) is 0 Å². The smallest absolute Gasteiger partial charge is 0.394 e. The molecular formula is C54H68F9N21O7. The van der Waals surface area contributed by atoms with Gasteiger partial charge in [-0.25, -0.2) is 15.0 Å². The molecule has 0 saturated carbocycles. The summed E-state index contributed by atoms with van der Waals surface area (Å²) < 4.78 is 131. The van der Waals surface area contributed by atoms with Crippen LogP contribution in [0.4, 0.5) is 91.9 Å². The van der Waals surface area contributed by atoms with E-state index in [1.54, 1.807) is 56.7 Å². The second-order valence-corrected chi connectivity index (χ2v) is 22.4. The Morgan fingerprint density at radius 3 is 1.33 bits per heavy atom. The highest BCUT2D eigenvalue weighted by Crippen LogP contribution is 2.37. The number of aryl methyl sites for hydroxylation is 3. The summed E-state index contributed by atoms with van der Waals surface area (Å²) >= 11 is 0. The lowest BCUT2D eigenvalue weighted by Gasteiger charge is -2.32. The molecule has 37 heteroatoms. The van der Waals surface area contributed by atoms with E-state index in [1.165, 1.54) is 10.9 Å². The summed E-state index contributed by atoms with van der Waals surface area (Å²) in [4.78, 5) is 68.1. The van der Waals surface area contributed by atoms with Crippen LogP contribution in [-0.2, 0) is 60.2 Å². The van der Waals surface area contributed by atoms with Crippen molar-refractivity contribution in [2.75, 3.05) is 94.2 Å². The number of aliphatic hydroxyl groups is 1. The van der Waals surface area contributed by atoms with Gasteiger partial charge in [0.15, 0.2) is 23.1 Å². The number of aromatic amines is 1. The van der Waals surface area contributed by atoms with Crippen molar-refractivity contribution in [1.29, 1.82) is 0 Å². The molecule has 494 valence electrons. The molecule has 0 bridgehead atoms. The largest absolute Gasteiger partial charge is 0.435 e. The molecule has 6 aromatic heterocycles. The van der Waals surface area contributed by atoms with Crippen LogP contribution in [0.3, 0.4) is 0 Å². The van der Waals surface area contributed by atoms with E-state index in [0.717, 1.165) is 47.4 Å². The van der Waals surface area contributed by atoms with E-state index in [1.807, 2.05) is 25.8 Å². The molecule has 3 amide bonds. The van der Waals surface area contributed by atoms with Crippen LogP contribution >= 0.6 is 0 Å². The molecule has 0 spiro atoms. The third-order valence-corrected chi connectivity index (χ3v) is 15.8. The van der Waals surface area contributed by atoms with Crippen LogP contribution in [0.15, 0.2) is 36.8 Å². The number of likely N-dealkylation sites (N-methyl/N-ethyl adjacent to an activating group) is 3. The lowest BCUT2D eigenvalue weighted by molar-refractivity contribution is -0.145. The minimum absolute atomic E-state index is 0.0103.